The molecule has 0 bridgehead atoms. The van der Waals surface area contributed by atoms with Gasteiger partial charge in [-0.05, 0) is 38.0 Å². The van der Waals surface area contributed by atoms with Gasteiger partial charge in [-0.15, -0.1) is 0 Å². The van der Waals surface area contributed by atoms with E-state index in [1.54, 1.807) is 0 Å². The first-order valence-electron chi connectivity index (χ1n) is 6.65. The Kier molecular flexibility index (Phi) is 6.56. The van der Waals surface area contributed by atoms with Crippen LogP contribution >= 0.6 is 0 Å². The van der Waals surface area contributed by atoms with Crippen molar-refractivity contribution in [1.82, 2.24) is 0 Å². The van der Waals surface area contributed by atoms with E-state index in [-0.39, 0.29) is 11.4 Å². The van der Waals surface area contributed by atoms with Gasteiger partial charge in [0.2, 0.25) is 0 Å². The monoisotopic (exact) mass is 269 g/mol. The number of hydrogen-bond donors (Lipinski definition) is 1. The number of hydrogen-bond acceptors (Lipinski definition) is 4. The first-order valence-corrected chi connectivity index (χ1v) is 6.65. The van der Waals surface area contributed by atoms with Crippen LogP contribution in [0.4, 0.5) is 0 Å². The SMILES string of the molecule is [B]C(C)(CN)COCC(C)(C)CC(=O)OC(C)(C)C. The van der Waals surface area contributed by atoms with Crippen molar-refractivity contribution in [3.8, 4) is 0 Å². The molecule has 0 amide bonds. The van der Waals surface area contributed by atoms with Crippen LogP contribution in [0.3, 0.4) is 0 Å². The summed E-state index contributed by atoms with van der Waals surface area (Å²) in [5, 5.41) is -0.526. The molecule has 2 radical (unpaired) electrons. The smallest absolute Gasteiger partial charge is 0.306 e. The molecule has 0 aromatic heterocycles. The second-order valence-corrected chi connectivity index (χ2v) is 7.28. The highest BCUT2D eigenvalue weighted by atomic mass is 16.6. The number of carbonyl (C=O) groups is 1. The Morgan fingerprint density at radius 3 is 2.05 bits per heavy atom. The molecule has 0 aliphatic carbocycles. The van der Waals surface area contributed by atoms with Gasteiger partial charge in [-0.2, -0.15) is 0 Å². The Morgan fingerprint density at radius 2 is 1.63 bits per heavy atom. The fourth-order valence-corrected chi connectivity index (χ4v) is 1.44. The molecule has 1 unspecified atom stereocenters. The van der Waals surface area contributed by atoms with Gasteiger partial charge in [0.05, 0.1) is 20.9 Å². The lowest BCUT2D eigenvalue weighted by molar-refractivity contribution is -0.158. The van der Waals surface area contributed by atoms with Gasteiger partial charge in [0, 0.05) is 6.61 Å². The molecule has 0 heterocycles. The third-order valence-electron chi connectivity index (χ3n) is 2.43. The summed E-state index contributed by atoms with van der Waals surface area (Å²) in [6.07, 6.45) is 0.314. The Morgan fingerprint density at radius 1 is 1.11 bits per heavy atom. The molecular formula is C14H28BNO3. The van der Waals surface area contributed by atoms with Gasteiger partial charge in [-0.3, -0.25) is 4.79 Å². The van der Waals surface area contributed by atoms with Crippen molar-refractivity contribution in [2.24, 2.45) is 11.1 Å². The maximum Gasteiger partial charge on any atom is 0.306 e. The Hall–Kier alpha value is -0.545. The van der Waals surface area contributed by atoms with Gasteiger partial charge >= 0.3 is 5.97 Å². The van der Waals surface area contributed by atoms with E-state index in [0.29, 0.717) is 26.2 Å². The number of carbonyl (C=O) groups excluding carboxylic acids is 1. The van der Waals surface area contributed by atoms with Gasteiger partial charge in [-0.25, -0.2) is 0 Å². The predicted octanol–water partition coefficient (Wildman–Crippen LogP) is 2.07. The Labute approximate surface area is 118 Å². The molecule has 0 aromatic rings. The van der Waals surface area contributed by atoms with E-state index in [2.05, 4.69) is 0 Å². The van der Waals surface area contributed by atoms with Crippen molar-refractivity contribution in [3.05, 3.63) is 0 Å². The Bertz CT molecular complexity index is 296. The van der Waals surface area contributed by atoms with Crippen LogP contribution in [-0.4, -0.2) is 39.2 Å². The molecule has 19 heavy (non-hydrogen) atoms. The number of nitrogens with two attached hydrogens (primary N) is 1. The molecular weight excluding hydrogens is 241 g/mol. The highest BCUT2D eigenvalue weighted by molar-refractivity contribution is 6.15. The van der Waals surface area contributed by atoms with E-state index >= 15 is 0 Å². The molecule has 2 N–H and O–H groups in total. The molecule has 5 heteroatoms. The average Bonchev–Trinajstić information content (AvgIpc) is 2.12. The fraction of sp³-hybridized carbons (Fsp3) is 0.929. The normalized spacial score (nSPS) is 15.9. The number of rotatable bonds is 7. The first kappa shape index (κ1) is 18.5. The topological polar surface area (TPSA) is 61.5 Å². The molecule has 0 aliphatic rings. The third-order valence-corrected chi connectivity index (χ3v) is 2.43. The predicted molar refractivity (Wildman–Crippen MR) is 78.2 cm³/mol. The molecule has 0 fully saturated rings. The van der Waals surface area contributed by atoms with Gasteiger partial charge in [0.15, 0.2) is 0 Å². The van der Waals surface area contributed by atoms with Crippen LogP contribution in [0.1, 0.15) is 48.0 Å². The van der Waals surface area contributed by atoms with E-state index in [4.69, 9.17) is 23.1 Å². The summed E-state index contributed by atoms with van der Waals surface area (Å²) in [4.78, 5) is 11.8. The van der Waals surface area contributed by atoms with Crippen molar-refractivity contribution in [3.63, 3.8) is 0 Å². The molecule has 110 valence electrons. The third kappa shape index (κ3) is 9.96. The van der Waals surface area contributed by atoms with Crippen molar-refractivity contribution in [2.75, 3.05) is 19.8 Å². The van der Waals surface area contributed by atoms with Gasteiger partial charge < -0.3 is 15.2 Å². The van der Waals surface area contributed by atoms with Crippen LogP contribution in [0.25, 0.3) is 0 Å². The van der Waals surface area contributed by atoms with Crippen molar-refractivity contribution >= 4 is 13.8 Å². The van der Waals surface area contributed by atoms with Crippen molar-refractivity contribution in [1.29, 1.82) is 0 Å². The van der Waals surface area contributed by atoms with Crippen LogP contribution in [0.2, 0.25) is 5.31 Å². The lowest BCUT2D eigenvalue weighted by atomic mass is 9.71. The van der Waals surface area contributed by atoms with Crippen LogP contribution < -0.4 is 5.73 Å². The number of ether oxygens (including phenoxy) is 2. The maximum atomic E-state index is 11.8. The minimum absolute atomic E-state index is 0.213. The molecule has 0 rings (SSSR count). The molecule has 0 saturated heterocycles. The maximum absolute atomic E-state index is 11.8. The van der Waals surface area contributed by atoms with E-state index in [1.165, 1.54) is 0 Å². The minimum Gasteiger partial charge on any atom is -0.460 e. The molecule has 1 atom stereocenters. The first-order chi connectivity index (χ1) is 8.37. The second kappa shape index (κ2) is 6.75. The minimum atomic E-state index is -0.526. The summed E-state index contributed by atoms with van der Waals surface area (Å²) in [6, 6.07) is 0. The second-order valence-electron chi connectivity index (χ2n) is 7.28. The molecule has 0 aliphatic heterocycles. The summed E-state index contributed by atoms with van der Waals surface area (Å²) in [5.74, 6) is -0.213. The summed E-state index contributed by atoms with van der Waals surface area (Å²) in [6.45, 7) is 12.5. The van der Waals surface area contributed by atoms with Crippen molar-refractivity contribution < 1.29 is 14.3 Å². The largest absolute Gasteiger partial charge is 0.460 e. The zero-order valence-electron chi connectivity index (χ0n) is 13.2. The van der Waals surface area contributed by atoms with E-state index in [0.717, 1.165) is 0 Å². The van der Waals surface area contributed by atoms with Crippen LogP contribution in [0.15, 0.2) is 0 Å². The Balaban J connectivity index is 4.15. The van der Waals surface area contributed by atoms with E-state index in [9.17, 15) is 4.79 Å². The molecule has 4 nitrogen and oxygen atoms in total. The highest BCUT2D eigenvalue weighted by Gasteiger charge is 2.27. The summed E-state index contributed by atoms with van der Waals surface area (Å²) >= 11 is 0. The van der Waals surface area contributed by atoms with Crippen molar-refractivity contribution in [2.45, 2.75) is 58.9 Å². The van der Waals surface area contributed by atoms with Gasteiger partial charge in [-0.1, -0.05) is 20.8 Å². The summed E-state index contributed by atoms with van der Waals surface area (Å²) < 4.78 is 10.9. The average molecular weight is 269 g/mol. The van der Waals surface area contributed by atoms with Crippen LogP contribution in [0.5, 0.6) is 0 Å². The molecule has 0 spiro atoms. The zero-order valence-corrected chi connectivity index (χ0v) is 13.2. The standard InChI is InChI=1S/C14H28BNO3/c1-12(2,3)19-11(17)7-13(4,5)9-18-10-14(6,15)8-16/h7-10,16H2,1-6H3. The lowest BCUT2D eigenvalue weighted by Gasteiger charge is -2.29. The summed E-state index contributed by atoms with van der Waals surface area (Å²) in [5.41, 5.74) is 4.79. The van der Waals surface area contributed by atoms with Crippen LogP contribution in [0, 0.1) is 5.41 Å². The van der Waals surface area contributed by atoms with E-state index < -0.39 is 10.9 Å². The van der Waals surface area contributed by atoms with E-state index in [1.807, 2.05) is 41.5 Å². The zero-order chi connectivity index (χ0) is 15.3. The fourth-order valence-electron chi connectivity index (χ4n) is 1.44. The van der Waals surface area contributed by atoms with Crippen LogP contribution in [-0.2, 0) is 14.3 Å². The van der Waals surface area contributed by atoms with Gasteiger partial charge in [0.1, 0.15) is 5.60 Å². The molecule has 0 aromatic carbocycles. The number of esters is 1. The highest BCUT2D eigenvalue weighted by Crippen LogP contribution is 2.25. The quantitative estimate of drug-likeness (QED) is 0.567. The van der Waals surface area contributed by atoms with Gasteiger partial charge in [0.25, 0.3) is 0 Å². The lowest BCUT2D eigenvalue weighted by Crippen LogP contribution is -2.32. The molecule has 0 saturated carbocycles. The summed E-state index contributed by atoms with van der Waals surface area (Å²) in [7, 11) is 5.89.